The molecule has 0 N–H and O–H groups in total. The molecule has 0 spiro atoms. The van der Waals surface area contributed by atoms with Crippen LogP contribution in [0.1, 0.15) is 40.3 Å². The molecular formula is C38H40FN5O5. The summed E-state index contributed by atoms with van der Waals surface area (Å²) in [6.07, 6.45) is 1.55. The lowest BCUT2D eigenvalue weighted by Gasteiger charge is -2.34. The largest absolute Gasteiger partial charge is 0.490 e. The Morgan fingerprint density at radius 1 is 0.857 bits per heavy atom. The van der Waals surface area contributed by atoms with E-state index in [9.17, 15) is 14.0 Å². The Hall–Kier alpha value is -5.42. The first-order valence-electron chi connectivity index (χ1n) is 16.4. The first-order chi connectivity index (χ1) is 23.7. The van der Waals surface area contributed by atoms with Gasteiger partial charge in [-0.15, -0.1) is 0 Å². The Morgan fingerprint density at radius 2 is 1.59 bits per heavy atom. The zero-order valence-corrected chi connectivity index (χ0v) is 28.2. The highest BCUT2D eigenvalue weighted by molar-refractivity contribution is 6.05. The van der Waals surface area contributed by atoms with Crippen molar-refractivity contribution in [3.63, 3.8) is 0 Å². The van der Waals surface area contributed by atoms with Gasteiger partial charge in [0.05, 0.1) is 25.1 Å². The Bertz CT molecular complexity index is 1940. The number of anilines is 1. The van der Waals surface area contributed by atoms with Crippen molar-refractivity contribution >= 4 is 28.4 Å². The van der Waals surface area contributed by atoms with Crippen molar-refractivity contribution in [2.75, 3.05) is 51.3 Å². The summed E-state index contributed by atoms with van der Waals surface area (Å²) in [5.41, 5.74) is 3.62. The van der Waals surface area contributed by atoms with Crippen LogP contribution in [0.2, 0.25) is 0 Å². The SMILES string of the molecule is CCOc1ccc(CN2CCN(C(=O)c3cc4cc(Oc5ccc(N(C)C(=O)c6ccc(F)cc6)cn5)ccc4n3C)CC2)cc1OCC. The summed E-state index contributed by atoms with van der Waals surface area (Å²) in [6.45, 7) is 8.66. The van der Waals surface area contributed by atoms with Crippen molar-refractivity contribution < 1.29 is 28.2 Å². The standard InChI is InChI=1S/C38H40FN5O5/c1-5-47-34-15-7-26(21-35(34)48-6-2)25-43-17-19-44(20-18-43)38(46)33-23-28-22-31(13-14-32(28)42(33)4)49-36-16-12-30(24-40-36)41(3)37(45)27-8-10-29(39)11-9-27/h7-16,21-24H,5-6,17-20,25H2,1-4H3. The predicted molar refractivity (Wildman–Crippen MR) is 186 cm³/mol. The van der Waals surface area contributed by atoms with Crippen LogP contribution >= 0.6 is 0 Å². The van der Waals surface area contributed by atoms with Gasteiger partial charge in [0.25, 0.3) is 11.8 Å². The van der Waals surface area contributed by atoms with Crippen molar-refractivity contribution in [3.8, 4) is 23.1 Å². The van der Waals surface area contributed by atoms with Crippen LogP contribution < -0.4 is 19.1 Å². The molecule has 3 heterocycles. The van der Waals surface area contributed by atoms with Gasteiger partial charge in [0.15, 0.2) is 11.5 Å². The van der Waals surface area contributed by atoms with E-state index in [1.165, 1.54) is 29.2 Å². The van der Waals surface area contributed by atoms with Crippen LogP contribution in [0.3, 0.4) is 0 Å². The van der Waals surface area contributed by atoms with E-state index in [0.717, 1.165) is 47.6 Å². The second-order valence-corrected chi connectivity index (χ2v) is 11.9. The molecule has 11 heteroatoms. The number of ether oxygens (including phenoxy) is 3. The molecule has 0 atom stereocenters. The van der Waals surface area contributed by atoms with E-state index in [-0.39, 0.29) is 11.8 Å². The highest BCUT2D eigenvalue weighted by Crippen LogP contribution is 2.30. The lowest BCUT2D eigenvalue weighted by Crippen LogP contribution is -2.48. The average Bonchev–Trinajstić information content (AvgIpc) is 3.44. The Labute approximate surface area is 285 Å². The smallest absolute Gasteiger partial charge is 0.270 e. The van der Waals surface area contributed by atoms with E-state index in [1.54, 1.807) is 25.4 Å². The van der Waals surface area contributed by atoms with Crippen molar-refractivity contribution in [2.45, 2.75) is 20.4 Å². The van der Waals surface area contributed by atoms with Crippen LogP contribution in [0.25, 0.3) is 10.9 Å². The number of piperazine rings is 1. The van der Waals surface area contributed by atoms with Crippen molar-refractivity contribution in [2.24, 2.45) is 7.05 Å². The van der Waals surface area contributed by atoms with Crippen LogP contribution in [-0.4, -0.2) is 77.6 Å². The normalized spacial score (nSPS) is 13.4. The van der Waals surface area contributed by atoms with Crippen LogP contribution in [0, 0.1) is 5.82 Å². The fraction of sp³-hybridized carbons (Fsp3) is 0.289. The maximum absolute atomic E-state index is 13.7. The van der Waals surface area contributed by atoms with Gasteiger partial charge in [-0.3, -0.25) is 14.5 Å². The van der Waals surface area contributed by atoms with Gasteiger partial charge in [-0.25, -0.2) is 9.37 Å². The van der Waals surface area contributed by atoms with Gasteiger partial charge < -0.3 is 28.6 Å². The molecule has 0 bridgehead atoms. The number of benzene rings is 3. The zero-order chi connectivity index (χ0) is 34.5. The van der Waals surface area contributed by atoms with Gasteiger partial charge in [-0.05, 0) is 86.1 Å². The molecule has 254 valence electrons. The van der Waals surface area contributed by atoms with E-state index >= 15 is 0 Å². The number of pyridine rings is 1. The number of aromatic nitrogens is 2. The lowest BCUT2D eigenvalue weighted by molar-refractivity contribution is 0.0619. The molecular weight excluding hydrogens is 625 g/mol. The summed E-state index contributed by atoms with van der Waals surface area (Å²) in [4.78, 5) is 36.5. The van der Waals surface area contributed by atoms with Crippen molar-refractivity contribution in [3.05, 3.63) is 108 Å². The number of hydrogen-bond acceptors (Lipinski definition) is 7. The second-order valence-electron chi connectivity index (χ2n) is 11.9. The Balaban J connectivity index is 1.07. The second kappa shape index (κ2) is 14.8. The molecule has 49 heavy (non-hydrogen) atoms. The molecule has 2 amide bonds. The monoisotopic (exact) mass is 665 g/mol. The third-order valence-electron chi connectivity index (χ3n) is 8.63. The summed E-state index contributed by atoms with van der Waals surface area (Å²) < 4.78 is 32.7. The number of rotatable bonds is 11. The van der Waals surface area contributed by atoms with Crippen LogP contribution in [0.5, 0.6) is 23.1 Å². The average molecular weight is 666 g/mol. The number of nitrogens with zero attached hydrogens (tertiary/aromatic N) is 5. The van der Waals surface area contributed by atoms with Crippen molar-refractivity contribution in [1.82, 2.24) is 19.4 Å². The Morgan fingerprint density at radius 3 is 2.29 bits per heavy atom. The minimum absolute atomic E-state index is 0.00271. The number of amides is 2. The summed E-state index contributed by atoms with van der Waals surface area (Å²) in [6, 6.07) is 22.5. The number of halogens is 1. The van der Waals surface area contributed by atoms with Crippen LogP contribution in [0.15, 0.2) is 85.1 Å². The molecule has 1 fully saturated rings. The fourth-order valence-corrected chi connectivity index (χ4v) is 5.97. The molecule has 0 aliphatic carbocycles. The third-order valence-corrected chi connectivity index (χ3v) is 8.63. The lowest BCUT2D eigenvalue weighted by atomic mass is 10.1. The van der Waals surface area contributed by atoms with Gasteiger partial charge in [-0.2, -0.15) is 0 Å². The molecule has 0 radical (unpaired) electrons. The summed E-state index contributed by atoms with van der Waals surface area (Å²) in [5, 5.41) is 0.879. The van der Waals surface area contributed by atoms with Gasteiger partial charge in [-0.1, -0.05) is 6.07 Å². The molecule has 2 aromatic heterocycles. The van der Waals surface area contributed by atoms with Gasteiger partial charge >= 0.3 is 0 Å². The fourth-order valence-electron chi connectivity index (χ4n) is 5.97. The maximum atomic E-state index is 13.7. The zero-order valence-electron chi connectivity index (χ0n) is 28.2. The number of carbonyl (C=O) groups is 2. The minimum atomic E-state index is -0.401. The van der Waals surface area contributed by atoms with Crippen molar-refractivity contribution in [1.29, 1.82) is 0 Å². The molecule has 5 aromatic rings. The summed E-state index contributed by atoms with van der Waals surface area (Å²) in [7, 11) is 3.53. The van der Waals surface area contributed by atoms with Crippen LogP contribution in [-0.2, 0) is 13.6 Å². The molecule has 1 aliphatic heterocycles. The molecule has 3 aromatic carbocycles. The first kappa shape index (κ1) is 33.5. The van der Waals surface area contributed by atoms with Gasteiger partial charge in [0, 0.05) is 69.4 Å². The predicted octanol–water partition coefficient (Wildman–Crippen LogP) is 6.54. The first-order valence-corrected chi connectivity index (χ1v) is 16.4. The quantitative estimate of drug-likeness (QED) is 0.158. The van der Waals surface area contributed by atoms with E-state index in [4.69, 9.17) is 14.2 Å². The number of carbonyl (C=O) groups excluding carboxylic acids is 2. The number of aryl methyl sites for hydroxylation is 1. The van der Waals surface area contributed by atoms with Gasteiger partial charge in [0.1, 0.15) is 17.3 Å². The van der Waals surface area contributed by atoms with E-state index in [2.05, 4.69) is 16.0 Å². The van der Waals surface area contributed by atoms with E-state index < -0.39 is 5.82 Å². The topological polar surface area (TPSA) is 89.4 Å². The highest BCUT2D eigenvalue weighted by Gasteiger charge is 2.25. The summed E-state index contributed by atoms with van der Waals surface area (Å²) in [5.74, 6) is 1.76. The highest BCUT2D eigenvalue weighted by atomic mass is 19.1. The molecule has 0 unspecified atom stereocenters. The molecule has 6 rings (SSSR count). The summed E-state index contributed by atoms with van der Waals surface area (Å²) >= 11 is 0. The number of hydrogen-bond donors (Lipinski definition) is 0. The van der Waals surface area contributed by atoms with E-state index in [0.29, 0.717) is 54.9 Å². The third kappa shape index (κ3) is 7.52. The van der Waals surface area contributed by atoms with Crippen LogP contribution in [0.4, 0.5) is 10.1 Å². The number of fused-ring (bicyclic) bond motifs is 1. The van der Waals surface area contributed by atoms with Gasteiger partial charge in [0.2, 0.25) is 5.88 Å². The minimum Gasteiger partial charge on any atom is -0.490 e. The van der Waals surface area contributed by atoms with E-state index in [1.807, 2.05) is 66.8 Å². The molecule has 1 saturated heterocycles. The molecule has 10 nitrogen and oxygen atoms in total. The molecule has 1 aliphatic rings. The molecule has 0 saturated carbocycles. The maximum Gasteiger partial charge on any atom is 0.270 e. The Kier molecular flexibility index (Phi) is 10.1.